The molecule has 0 fully saturated rings. The molecule has 5 nitrogen and oxygen atoms in total. The van der Waals surface area contributed by atoms with Crippen LogP contribution < -0.4 is 4.74 Å². The number of esters is 2. The van der Waals surface area contributed by atoms with Crippen molar-refractivity contribution in [2.45, 2.75) is 26.7 Å². The van der Waals surface area contributed by atoms with E-state index in [9.17, 15) is 9.59 Å². The number of ether oxygens (including phenoxy) is 3. The molecule has 0 aliphatic carbocycles. The molecule has 0 spiro atoms. The summed E-state index contributed by atoms with van der Waals surface area (Å²) in [6, 6.07) is 7.18. The Hall–Kier alpha value is -2.74. The largest absolute Gasteiger partial charge is 0.497 e. The summed E-state index contributed by atoms with van der Waals surface area (Å²) in [5.41, 5.74) is -0.742. The Kier molecular flexibility index (Phi) is 8.28. The smallest absolute Gasteiger partial charge is 0.324 e. The SMILES string of the molecule is C=CCC(CC#Cc1ccc(OC)cc1)(C(=O)OCC)C(=O)OCC. The lowest BCUT2D eigenvalue weighted by Crippen LogP contribution is -2.41. The van der Waals surface area contributed by atoms with Crippen LogP contribution in [-0.4, -0.2) is 32.3 Å². The lowest BCUT2D eigenvalue weighted by atomic mass is 9.81. The zero-order chi connectivity index (χ0) is 18.7. The molecule has 0 saturated carbocycles. The van der Waals surface area contributed by atoms with E-state index in [4.69, 9.17) is 14.2 Å². The number of benzene rings is 1. The molecule has 25 heavy (non-hydrogen) atoms. The minimum absolute atomic E-state index is 0.0112. The highest BCUT2D eigenvalue weighted by Gasteiger charge is 2.47. The number of carbonyl (C=O) groups excluding carboxylic acids is 2. The van der Waals surface area contributed by atoms with Gasteiger partial charge in [0, 0.05) is 12.0 Å². The fourth-order valence-electron chi connectivity index (χ4n) is 2.22. The van der Waals surface area contributed by atoms with E-state index in [0.717, 1.165) is 11.3 Å². The van der Waals surface area contributed by atoms with Crippen molar-refractivity contribution in [1.29, 1.82) is 0 Å². The van der Waals surface area contributed by atoms with E-state index < -0.39 is 17.4 Å². The van der Waals surface area contributed by atoms with Crippen molar-refractivity contribution in [3.8, 4) is 17.6 Å². The zero-order valence-electron chi connectivity index (χ0n) is 15.0. The molecule has 0 heterocycles. The maximum atomic E-state index is 12.4. The number of methoxy groups -OCH3 is 1. The number of rotatable bonds is 8. The molecule has 0 aliphatic rings. The third-order valence-electron chi connectivity index (χ3n) is 3.54. The summed E-state index contributed by atoms with van der Waals surface area (Å²) < 4.78 is 15.3. The Morgan fingerprint density at radius 2 is 1.68 bits per heavy atom. The average molecular weight is 344 g/mol. The van der Waals surface area contributed by atoms with E-state index in [1.165, 1.54) is 6.08 Å². The minimum atomic E-state index is -1.49. The van der Waals surface area contributed by atoms with Crippen LogP contribution in [0.3, 0.4) is 0 Å². The Balaban J connectivity index is 3.10. The first-order valence-corrected chi connectivity index (χ1v) is 8.12. The van der Waals surface area contributed by atoms with Crippen molar-refractivity contribution in [3.63, 3.8) is 0 Å². The highest BCUT2D eigenvalue weighted by molar-refractivity contribution is 6.00. The molecule has 0 aliphatic heterocycles. The first-order valence-electron chi connectivity index (χ1n) is 8.12. The minimum Gasteiger partial charge on any atom is -0.497 e. The van der Waals surface area contributed by atoms with Crippen LogP contribution in [-0.2, 0) is 19.1 Å². The van der Waals surface area contributed by atoms with Crippen molar-refractivity contribution in [3.05, 3.63) is 42.5 Å². The van der Waals surface area contributed by atoms with Crippen LogP contribution in [0, 0.1) is 17.3 Å². The lowest BCUT2D eigenvalue weighted by molar-refractivity contribution is -0.171. The Bertz CT molecular complexity index is 631. The topological polar surface area (TPSA) is 61.8 Å². The van der Waals surface area contributed by atoms with Gasteiger partial charge in [0.1, 0.15) is 5.75 Å². The molecular weight excluding hydrogens is 320 g/mol. The van der Waals surface area contributed by atoms with E-state index in [0.29, 0.717) is 0 Å². The van der Waals surface area contributed by atoms with E-state index in [1.54, 1.807) is 45.2 Å². The van der Waals surface area contributed by atoms with Crippen LogP contribution in [0.15, 0.2) is 36.9 Å². The van der Waals surface area contributed by atoms with Gasteiger partial charge < -0.3 is 14.2 Å². The molecule has 1 rings (SSSR count). The van der Waals surface area contributed by atoms with Crippen LogP contribution in [0.4, 0.5) is 0 Å². The fraction of sp³-hybridized carbons (Fsp3) is 0.400. The Labute approximate surface area is 149 Å². The standard InChI is InChI=1S/C20H24O5/c1-5-14-20(18(21)24-6-2,19(22)25-7-3)15-8-9-16-10-12-17(23-4)13-11-16/h5,10-13H,1,6-7,14-15H2,2-4H3. The predicted octanol–water partition coefficient (Wildman–Crippen LogP) is 3.13. The first-order chi connectivity index (χ1) is 12.0. The predicted molar refractivity (Wildman–Crippen MR) is 95.0 cm³/mol. The number of hydrogen-bond donors (Lipinski definition) is 0. The van der Waals surface area contributed by atoms with E-state index in [1.807, 2.05) is 0 Å². The van der Waals surface area contributed by atoms with E-state index in [-0.39, 0.29) is 26.1 Å². The zero-order valence-corrected chi connectivity index (χ0v) is 15.0. The van der Waals surface area contributed by atoms with Gasteiger partial charge in [-0.25, -0.2) is 0 Å². The number of allylic oxidation sites excluding steroid dienone is 1. The number of hydrogen-bond acceptors (Lipinski definition) is 5. The lowest BCUT2D eigenvalue weighted by Gasteiger charge is -2.26. The molecule has 5 heteroatoms. The van der Waals surface area contributed by atoms with Crippen LogP contribution in [0.25, 0.3) is 0 Å². The Morgan fingerprint density at radius 1 is 1.12 bits per heavy atom. The highest BCUT2D eigenvalue weighted by atomic mass is 16.6. The van der Waals surface area contributed by atoms with Gasteiger partial charge in [-0.05, 0) is 44.5 Å². The molecule has 0 bridgehead atoms. The summed E-state index contributed by atoms with van der Waals surface area (Å²) >= 11 is 0. The van der Waals surface area contributed by atoms with Gasteiger partial charge >= 0.3 is 11.9 Å². The monoisotopic (exact) mass is 344 g/mol. The first kappa shape index (κ1) is 20.3. The molecule has 0 aromatic heterocycles. The third kappa shape index (κ3) is 5.39. The highest BCUT2D eigenvalue weighted by Crippen LogP contribution is 2.31. The van der Waals surface area contributed by atoms with Crippen molar-refractivity contribution in [2.75, 3.05) is 20.3 Å². The second-order valence-electron chi connectivity index (χ2n) is 5.22. The molecule has 0 radical (unpaired) electrons. The van der Waals surface area contributed by atoms with Crippen molar-refractivity contribution >= 4 is 11.9 Å². The third-order valence-corrected chi connectivity index (χ3v) is 3.54. The van der Waals surface area contributed by atoms with Gasteiger partial charge in [-0.15, -0.1) is 6.58 Å². The van der Waals surface area contributed by atoms with Gasteiger partial charge in [-0.3, -0.25) is 9.59 Å². The second kappa shape index (κ2) is 10.2. The van der Waals surface area contributed by atoms with E-state index >= 15 is 0 Å². The molecule has 1 aromatic carbocycles. The molecule has 1 aromatic rings. The maximum absolute atomic E-state index is 12.4. The molecule has 0 saturated heterocycles. The van der Waals surface area contributed by atoms with Gasteiger partial charge in [0.2, 0.25) is 0 Å². The van der Waals surface area contributed by atoms with E-state index in [2.05, 4.69) is 18.4 Å². The normalized spacial score (nSPS) is 10.2. The molecule has 0 amide bonds. The van der Waals surface area contributed by atoms with Gasteiger partial charge in [0.25, 0.3) is 0 Å². The summed E-state index contributed by atoms with van der Waals surface area (Å²) in [5.74, 6) is 5.30. The summed E-state index contributed by atoms with van der Waals surface area (Å²) in [4.78, 5) is 24.9. The van der Waals surface area contributed by atoms with Crippen molar-refractivity contribution in [1.82, 2.24) is 0 Å². The van der Waals surface area contributed by atoms with Crippen LogP contribution in [0.2, 0.25) is 0 Å². The van der Waals surface area contributed by atoms with Crippen LogP contribution >= 0.6 is 0 Å². The van der Waals surface area contributed by atoms with Crippen LogP contribution in [0.1, 0.15) is 32.3 Å². The number of carbonyl (C=O) groups is 2. The molecule has 0 atom stereocenters. The Morgan fingerprint density at radius 3 is 2.12 bits per heavy atom. The van der Waals surface area contributed by atoms with Gasteiger partial charge in [-0.1, -0.05) is 17.9 Å². The quantitative estimate of drug-likeness (QED) is 0.314. The second-order valence-corrected chi connectivity index (χ2v) is 5.22. The fourth-order valence-corrected chi connectivity index (χ4v) is 2.22. The van der Waals surface area contributed by atoms with Gasteiger partial charge in [-0.2, -0.15) is 0 Å². The van der Waals surface area contributed by atoms with Crippen LogP contribution in [0.5, 0.6) is 5.75 Å². The van der Waals surface area contributed by atoms with Crippen molar-refractivity contribution in [2.24, 2.45) is 5.41 Å². The molecule has 134 valence electrons. The summed E-state index contributed by atoms with van der Waals surface area (Å²) in [6.07, 6.45) is 1.59. The van der Waals surface area contributed by atoms with Crippen molar-refractivity contribution < 1.29 is 23.8 Å². The molecular formula is C20H24O5. The molecule has 0 N–H and O–H groups in total. The maximum Gasteiger partial charge on any atom is 0.324 e. The van der Waals surface area contributed by atoms with Gasteiger partial charge in [0.15, 0.2) is 5.41 Å². The summed E-state index contributed by atoms with van der Waals surface area (Å²) in [7, 11) is 1.59. The van der Waals surface area contributed by atoms with Gasteiger partial charge in [0.05, 0.1) is 20.3 Å². The summed E-state index contributed by atoms with van der Waals surface area (Å²) in [6.45, 7) is 7.35. The summed E-state index contributed by atoms with van der Waals surface area (Å²) in [5, 5.41) is 0. The molecule has 0 unspecified atom stereocenters. The average Bonchev–Trinajstić information content (AvgIpc) is 2.61.